The second-order valence-electron chi connectivity index (χ2n) is 12.3. The molecule has 2 aliphatic heterocycles. The first kappa shape index (κ1) is 25.8. The number of aliphatic carboxylic acids is 1. The molecule has 1 saturated carbocycles. The number of benzene rings is 4. The number of allylic oxidation sites excluding steroid dienone is 4. The van der Waals surface area contributed by atoms with Crippen LogP contribution in [-0.2, 0) is 15.6 Å². The summed E-state index contributed by atoms with van der Waals surface area (Å²) in [6.45, 7) is 2.22. The largest absolute Gasteiger partial charge is 0.481 e. The van der Waals surface area contributed by atoms with Gasteiger partial charge in [-0.15, -0.1) is 0 Å². The fourth-order valence-corrected chi connectivity index (χ4v) is 8.26. The van der Waals surface area contributed by atoms with Crippen molar-refractivity contribution in [3.05, 3.63) is 108 Å². The van der Waals surface area contributed by atoms with Crippen molar-refractivity contribution in [1.29, 1.82) is 0 Å². The molecule has 41 heavy (non-hydrogen) atoms. The van der Waals surface area contributed by atoms with Crippen molar-refractivity contribution in [2.75, 3.05) is 19.0 Å². The molecule has 1 spiro atoms. The van der Waals surface area contributed by atoms with Gasteiger partial charge in [-0.3, -0.25) is 4.79 Å². The Bertz CT molecular complexity index is 1820. The summed E-state index contributed by atoms with van der Waals surface area (Å²) in [5.41, 5.74) is 7.34. The first-order chi connectivity index (χ1) is 19.8. The van der Waals surface area contributed by atoms with E-state index in [0.29, 0.717) is 6.42 Å². The topological polar surface area (TPSA) is 43.5 Å². The minimum Gasteiger partial charge on any atom is -0.481 e. The molecule has 0 bridgehead atoms. The number of carbonyl (C=O) groups is 1. The van der Waals surface area contributed by atoms with Crippen molar-refractivity contribution in [2.24, 2.45) is 0 Å². The number of hydrogen-bond donors (Lipinski definition) is 1. The molecule has 2 heterocycles. The summed E-state index contributed by atoms with van der Waals surface area (Å²) in [6.07, 6.45) is 12.3. The van der Waals surface area contributed by atoms with Gasteiger partial charge in [-0.05, 0) is 71.5 Å². The van der Waals surface area contributed by atoms with Crippen molar-refractivity contribution in [3.63, 3.8) is 0 Å². The van der Waals surface area contributed by atoms with Crippen LogP contribution in [0.4, 0.5) is 11.4 Å². The SMILES string of the molecule is CN1/C(=C/C=C/C2=[N+](C)c3ccc4ccccc4c3C2(C)CCC(=O)O)C2(CCCC2)c2c1ccc1ccccc21. The Hall–Kier alpha value is -4.18. The van der Waals surface area contributed by atoms with Gasteiger partial charge >= 0.3 is 5.97 Å². The molecule has 0 aromatic heterocycles. The second kappa shape index (κ2) is 9.44. The van der Waals surface area contributed by atoms with Crippen LogP contribution in [0.15, 0.2) is 96.7 Å². The van der Waals surface area contributed by atoms with Gasteiger partial charge in [-0.1, -0.05) is 73.5 Å². The number of nitrogens with zero attached hydrogens (tertiary/aromatic N) is 2. The van der Waals surface area contributed by atoms with E-state index < -0.39 is 11.4 Å². The minimum absolute atomic E-state index is 0.0350. The number of carboxylic acid groups (broad SMARTS) is 1. The molecule has 1 unspecified atom stereocenters. The second-order valence-corrected chi connectivity index (χ2v) is 12.3. The van der Waals surface area contributed by atoms with E-state index in [9.17, 15) is 9.90 Å². The molecule has 4 heteroatoms. The van der Waals surface area contributed by atoms with E-state index in [2.05, 4.69) is 122 Å². The van der Waals surface area contributed by atoms with Crippen molar-refractivity contribution in [1.82, 2.24) is 0 Å². The molecule has 4 nitrogen and oxygen atoms in total. The molecule has 206 valence electrons. The molecule has 1 N–H and O–H groups in total. The van der Waals surface area contributed by atoms with E-state index in [-0.39, 0.29) is 11.8 Å². The number of rotatable bonds is 5. The smallest absolute Gasteiger partial charge is 0.303 e. The van der Waals surface area contributed by atoms with Crippen molar-refractivity contribution >= 4 is 44.6 Å². The molecular formula is C37H37N2O2+. The first-order valence-electron chi connectivity index (χ1n) is 14.9. The predicted octanol–water partition coefficient (Wildman–Crippen LogP) is 8.25. The van der Waals surface area contributed by atoms with Crippen LogP contribution in [0.3, 0.4) is 0 Å². The number of hydrogen-bond acceptors (Lipinski definition) is 2. The average molecular weight is 542 g/mol. The monoisotopic (exact) mass is 541 g/mol. The molecular weight excluding hydrogens is 504 g/mol. The standard InChI is InChI=1S/C37H36N2O2/c1-36(24-21-33(40)41)31(38(2)29-19-17-25-11-4-6-13-27(25)34(29)36)15-10-16-32-37(22-8-9-23-37)35-28-14-7-5-12-26(28)18-20-30(35)39(32)3/h4-7,10-20H,8-9,21-24H2,1-3H3/p+1. The van der Waals surface area contributed by atoms with E-state index in [4.69, 9.17) is 0 Å². The molecule has 4 aromatic rings. The molecule has 3 aliphatic rings. The van der Waals surface area contributed by atoms with Gasteiger partial charge in [0.25, 0.3) is 0 Å². The maximum absolute atomic E-state index is 11.8. The van der Waals surface area contributed by atoms with Gasteiger partial charge in [0, 0.05) is 48.0 Å². The Labute approximate surface area is 241 Å². The predicted molar refractivity (Wildman–Crippen MR) is 169 cm³/mol. The van der Waals surface area contributed by atoms with Crippen LogP contribution >= 0.6 is 0 Å². The van der Waals surface area contributed by atoms with E-state index in [0.717, 1.165) is 11.4 Å². The normalized spacial score (nSPS) is 22.1. The van der Waals surface area contributed by atoms with Crippen LogP contribution in [0.25, 0.3) is 21.5 Å². The Morgan fingerprint density at radius 1 is 0.927 bits per heavy atom. The Morgan fingerprint density at radius 2 is 1.56 bits per heavy atom. The van der Waals surface area contributed by atoms with Crippen LogP contribution in [0.5, 0.6) is 0 Å². The highest BCUT2D eigenvalue weighted by Gasteiger charge is 2.49. The highest BCUT2D eigenvalue weighted by molar-refractivity contribution is 6.08. The molecule has 1 fully saturated rings. The van der Waals surface area contributed by atoms with E-state index in [1.807, 2.05) is 0 Å². The van der Waals surface area contributed by atoms with Crippen molar-refractivity contribution in [2.45, 2.75) is 56.3 Å². The third-order valence-corrected chi connectivity index (χ3v) is 10.1. The molecule has 4 aromatic carbocycles. The van der Waals surface area contributed by atoms with Crippen LogP contribution in [0, 0.1) is 0 Å². The lowest BCUT2D eigenvalue weighted by atomic mass is 9.73. The zero-order valence-corrected chi connectivity index (χ0v) is 24.2. The van der Waals surface area contributed by atoms with E-state index >= 15 is 0 Å². The van der Waals surface area contributed by atoms with E-state index in [1.54, 1.807) is 0 Å². The van der Waals surface area contributed by atoms with E-state index in [1.165, 1.54) is 69.7 Å². The fraction of sp³-hybridized carbons (Fsp3) is 0.297. The zero-order chi connectivity index (χ0) is 28.4. The minimum atomic E-state index is -0.756. The van der Waals surface area contributed by atoms with Gasteiger partial charge in [-0.2, -0.15) is 4.58 Å². The Kier molecular flexibility index (Phi) is 5.93. The van der Waals surface area contributed by atoms with Gasteiger partial charge in [-0.25, -0.2) is 0 Å². The lowest BCUT2D eigenvalue weighted by Crippen LogP contribution is -2.31. The van der Waals surface area contributed by atoms with Gasteiger partial charge in [0.1, 0.15) is 7.05 Å². The van der Waals surface area contributed by atoms with Crippen LogP contribution < -0.4 is 4.90 Å². The maximum Gasteiger partial charge on any atom is 0.303 e. The van der Waals surface area contributed by atoms with Gasteiger partial charge in [0.05, 0.1) is 5.41 Å². The van der Waals surface area contributed by atoms with Crippen molar-refractivity contribution < 1.29 is 14.5 Å². The van der Waals surface area contributed by atoms with Gasteiger partial charge in [0.15, 0.2) is 5.71 Å². The molecule has 1 atom stereocenters. The summed E-state index contributed by atoms with van der Waals surface area (Å²) in [4.78, 5) is 14.2. The maximum atomic E-state index is 11.8. The number of fused-ring (bicyclic) bond motifs is 7. The quantitative estimate of drug-likeness (QED) is 0.259. The summed E-state index contributed by atoms with van der Waals surface area (Å²) in [7, 11) is 4.34. The summed E-state index contributed by atoms with van der Waals surface area (Å²) in [6, 6.07) is 26.2. The first-order valence-corrected chi connectivity index (χ1v) is 14.9. The lowest BCUT2D eigenvalue weighted by molar-refractivity contribution is -0.401. The molecule has 0 saturated heterocycles. The van der Waals surface area contributed by atoms with Crippen LogP contribution in [0.2, 0.25) is 0 Å². The Balaban J connectivity index is 1.34. The van der Waals surface area contributed by atoms with Crippen molar-refractivity contribution in [3.8, 4) is 0 Å². The van der Waals surface area contributed by atoms with Gasteiger partial charge in [0.2, 0.25) is 5.69 Å². The van der Waals surface area contributed by atoms with Crippen LogP contribution in [0.1, 0.15) is 56.6 Å². The third kappa shape index (κ3) is 3.73. The average Bonchev–Trinajstić information content (AvgIpc) is 3.62. The summed E-state index contributed by atoms with van der Waals surface area (Å²) < 4.78 is 2.27. The van der Waals surface area contributed by atoms with Crippen LogP contribution in [-0.4, -0.2) is 35.5 Å². The lowest BCUT2D eigenvalue weighted by Gasteiger charge is -2.28. The highest BCUT2D eigenvalue weighted by Crippen LogP contribution is 2.58. The Morgan fingerprint density at radius 3 is 2.24 bits per heavy atom. The van der Waals surface area contributed by atoms with Gasteiger partial charge < -0.3 is 10.0 Å². The molecule has 0 radical (unpaired) electrons. The third-order valence-electron chi connectivity index (χ3n) is 10.1. The number of anilines is 1. The number of likely N-dealkylation sites (N-methyl/N-ethyl adjacent to an activating group) is 1. The molecule has 0 amide bonds. The fourth-order valence-electron chi connectivity index (χ4n) is 8.26. The zero-order valence-electron chi connectivity index (χ0n) is 24.2. The summed E-state index contributed by atoms with van der Waals surface area (Å²) >= 11 is 0. The molecule has 7 rings (SSSR count). The summed E-state index contributed by atoms with van der Waals surface area (Å²) in [5, 5.41) is 14.8. The number of carboxylic acids is 1. The molecule has 1 aliphatic carbocycles. The highest BCUT2D eigenvalue weighted by atomic mass is 16.4. The summed E-state index contributed by atoms with van der Waals surface area (Å²) in [5.74, 6) is -0.756.